The molecule has 0 aliphatic rings. The fourth-order valence-electron chi connectivity index (χ4n) is 1.26. The Bertz CT molecular complexity index is 514. The van der Waals surface area contributed by atoms with Crippen molar-refractivity contribution in [3.8, 4) is 11.6 Å². The van der Waals surface area contributed by atoms with E-state index in [1.54, 1.807) is 24.4 Å². The van der Waals surface area contributed by atoms with E-state index in [4.69, 9.17) is 10.5 Å². The van der Waals surface area contributed by atoms with Crippen LogP contribution in [-0.2, 0) is 0 Å². The van der Waals surface area contributed by atoms with Crippen LogP contribution < -0.4 is 10.5 Å². The number of nitrogens with two attached hydrogens (primary N) is 1. The zero-order chi connectivity index (χ0) is 11.5. The van der Waals surface area contributed by atoms with E-state index in [9.17, 15) is 4.39 Å². The van der Waals surface area contributed by atoms with Gasteiger partial charge < -0.3 is 10.5 Å². The molecule has 16 heavy (non-hydrogen) atoms. The van der Waals surface area contributed by atoms with Crippen LogP contribution in [-0.4, -0.2) is 4.98 Å². The molecule has 1 heterocycles. The summed E-state index contributed by atoms with van der Waals surface area (Å²) >= 11 is 0. The highest BCUT2D eigenvalue weighted by atomic mass is 19.1. The van der Waals surface area contributed by atoms with Crippen LogP contribution in [0.25, 0.3) is 0 Å². The minimum atomic E-state index is -0.440. The van der Waals surface area contributed by atoms with Crippen LogP contribution in [0.1, 0.15) is 5.56 Å². The Kier molecular flexibility index (Phi) is 2.72. The molecule has 82 valence electrons. The first-order chi connectivity index (χ1) is 7.68. The van der Waals surface area contributed by atoms with E-state index in [0.717, 1.165) is 5.56 Å². The molecule has 0 unspecified atom stereocenters. The van der Waals surface area contributed by atoms with Gasteiger partial charge in [-0.15, -0.1) is 0 Å². The number of hydrogen-bond donors (Lipinski definition) is 1. The monoisotopic (exact) mass is 218 g/mol. The minimum Gasteiger partial charge on any atom is -0.434 e. The van der Waals surface area contributed by atoms with Crippen molar-refractivity contribution in [2.45, 2.75) is 6.92 Å². The van der Waals surface area contributed by atoms with E-state index in [1.807, 2.05) is 6.92 Å². The average Bonchev–Trinajstić information content (AvgIpc) is 2.28. The Labute approximate surface area is 92.7 Å². The van der Waals surface area contributed by atoms with E-state index < -0.39 is 5.82 Å². The fraction of sp³-hybridized carbons (Fsp3) is 0.0833. The van der Waals surface area contributed by atoms with Gasteiger partial charge in [-0.3, -0.25) is 0 Å². The SMILES string of the molecule is Cc1ccnc(Oc2ccccc2F)c1N. The first kappa shape index (κ1) is 10.4. The molecule has 3 nitrogen and oxygen atoms in total. The Morgan fingerprint density at radius 2 is 2.00 bits per heavy atom. The molecule has 1 aromatic heterocycles. The van der Waals surface area contributed by atoms with Crippen molar-refractivity contribution in [3.63, 3.8) is 0 Å². The largest absolute Gasteiger partial charge is 0.434 e. The average molecular weight is 218 g/mol. The molecular weight excluding hydrogens is 207 g/mol. The molecule has 0 radical (unpaired) electrons. The summed E-state index contributed by atoms with van der Waals surface area (Å²) in [7, 11) is 0. The Balaban J connectivity index is 2.35. The van der Waals surface area contributed by atoms with Crippen molar-refractivity contribution in [2.75, 3.05) is 5.73 Å². The van der Waals surface area contributed by atoms with Crippen molar-refractivity contribution in [2.24, 2.45) is 0 Å². The quantitative estimate of drug-likeness (QED) is 0.843. The maximum atomic E-state index is 13.3. The third-order valence-electron chi connectivity index (χ3n) is 2.21. The Morgan fingerprint density at radius 1 is 1.25 bits per heavy atom. The highest BCUT2D eigenvalue weighted by Crippen LogP contribution is 2.28. The predicted molar refractivity (Wildman–Crippen MR) is 59.9 cm³/mol. The van der Waals surface area contributed by atoms with Crippen LogP contribution in [0.2, 0.25) is 0 Å². The summed E-state index contributed by atoms with van der Waals surface area (Å²) in [5, 5.41) is 0. The van der Waals surface area contributed by atoms with Gasteiger partial charge in [0.25, 0.3) is 0 Å². The lowest BCUT2D eigenvalue weighted by Crippen LogP contribution is -1.98. The maximum Gasteiger partial charge on any atom is 0.243 e. The van der Waals surface area contributed by atoms with E-state index >= 15 is 0 Å². The van der Waals surface area contributed by atoms with Gasteiger partial charge in [0.2, 0.25) is 5.88 Å². The topological polar surface area (TPSA) is 48.1 Å². The first-order valence-corrected chi connectivity index (χ1v) is 4.82. The van der Waals surface area contributed by atoms with E-state index in [0.29, 0.717) is 5.69 Å². The fourth-order valence-corrected chi connectivity index (χ4v) is 1.26. The van der Waals surface area contributed by atoms with Crippen LogP contribution >= 0.6 is 0 Å². The summed E-state index contributed by atoms with van der Waals surface area (Å²) in [5.74, 6) is -0.0948. The number of nitrogen functional groups attached to an aromatic ring is 1. The third-order valence-corrected chi connectivity index (χ3v) is 2.21. The molecule has 0 aliphatic heterocycles. The van der Waals surface area contributed by atoms with Gasteiger partial charge in [0.1, 0.15) is 0 Å². The number of anilines is 1. The number of pyridine rings is 1. The van der Waals surface area contributed by atoms with Gasteiger partial charge in [-0.1, -0.05) is 12.1 Å². The molecule has 0 atom stereocenters. The van der Waals surface area contributed by atoms with E-state index in [-0.39, 0.29) is 11.6 Å². The van der Waals surface area contributed by atoms with E-state index in [2.05, 4.69) is 4.98 Å². The lowest BCUT2D eigenvalue weighted by molar-refractivity contribution is 0.429. The second-order valence-electron chi connectivity index (χ2n) is 3.38. The zero-order valence-electron chi connectivity index (χ0n) is 8.77. The summed E-state index contributed by atoms with van der Waals surface area (Å²) in [6.07, 6.45) is 1.57. The number of aromatic nitrogens is 1. The molecule has 0 amide bonds. The van der Waals surface area contributed by atoms with Gasteiger partial charge in [-0.2, -0.15) is 0 Å². The zero-order valence-corrected chi connectivity index (χ0v) is 8.77. The Hall–Kier alpha value is -2.10. The molecule has 1 aromatic carbocycles. The van der Waals surface area contributed by atoms with Crippen molar-refractivity contribution >= 4 is 5.69 Å². The number of rotatable bonds is 2. The van der Waals surface area contributed by atoms with Crippen LogP contribution in [0.4, 0.5) is 10.1 Å². The summed E-state index contributed by atoms with van der Waals surface area (Å²) in [6.45, 7) is 1.84. The van der Waals surface area contributed by atoms with Crippen molar-refractivity contribution in [1.29, 1.82) is 0 Å². The predicted octanol–water partition coefficient (Wildman–Crippen LogP) is 2.90. The van der Waals surface area contributed by atoms with Gasteiger partial charge >= 0.3 is 0 Å². The molecule has 2 rings (SSSR count). The van der Waals surface area contributed by atoms with Crippen molar-refractivity contribution in [3.05, 3.63) is 47.9 Å². The van der Waals surface area contributed by atoms with Gasteiger partial charge in [-0.05, 0) is 30.7 Å². The molecule has 0 fully saturated rings. The van der Waals surface area contributed by atoms with E-state index in [1.165, 1.54) is 12.1 Å². The summed E-state index contributed by atoms with van der Waals surface area (Å²) in [5.41, 5.74) is 7.04. The van der Waals surface area contributed by atoms with Crippen LogP contribution in [0.15, 0.2) is 36.5 Å². The first-order valence-electron chi connectivity index (χ1n) is 4.82. The number of hydrogen-bond acceptors (Lipinski definition) is 3. The normalized spacial score (nSPS) is 10.1. The molecule has 0 spiro atoms. The molecular formula is C12H11FN2O. The number of nitrogens with zero attached hydrogens (tertiary/aromatic N) is 1. The standard InChI is InChI=1S/C12H11FN2O/c1-8-6-7-15-12(11(8)14)16-10-5-3-2-4-9(10)13/h2-7H,14H2,1H3. The second-order valence-corrected chi connectivity index (χ2v) is 3.38. The summed E-state index contributed by atoms with van der Waals surface area (Å²) in [4.78, 5) is 3.96. The van der Waals surface area contributed by atoms with Crippen LogP contribution in [0, 0.1) is 12.7 Å². The van der Waals surface area contributed by atoms with Crippen molar-refractivity contribution in [1.82, 2.24) is 4.98 Å². The second kappa shape index (κ2) is 4.18. The smallest absolute Gasteiger partial charge is 0.243 e. The van der Waals surface area contributed by atoms with Gasteiger partial charge in [0.05, 0.1) is 5.69 Å². The lowest BCUT2D eigenvalue weighted by Gasteiger charge is -2.08. The summed E-state index contributed by atoms with van der Waals surface area (Å²) < 4.78 is 18.6. The number of aryl methyl sites for hydroxylation is 1. The van der Waals surface area contributed by atoms with Gasteiger partial charge in [0, 0.05) is 6.20 Å². The molecule has 2 aromatic rings. The van der Waals surface area contributed by atoms with Gasteiger partial charge in [0.15, 0.2) is 11.6 Å². The maximum absolute atomic E-state index is 13.3. The lowest BCUT2D eigenvalue weighted by atomic mass is 10.2. The molecule has 2 N–H and O–H groups in total. The number of halogens is 1. The summed E-state index contributed by atoms with van der Waals surface area (Å²) in [6, 6.07) is 7.89. The Morgan fingerprint density at radius 3 is 2.75 bits per heavy atom. The molecule has 0 bridgehead atoms. The number of ether oxygens (including phenoxy) is 1. The molecule has 0 aliphatic carbocycles. The molecule has 0 saturated heterocycles. The minimum absolute atomic E-state index is 0.118. The van der Waals surface area contributed by atoms with Crippen LogP contribution in [0.5, 0.6) is 11.6 Å². The molecule has 0 saturated carbocycles. The van der Waals surface area contributed by atoms with Crippen LogP contribution in [0.3, 0.4) is 0 Å². The highest BCUT2D eigenvalue weighted by Gasteiger charge is 2.08. The number of benzene rings is 1. The number of para-hydroxylation sites is 1. The van der Waals surface area contributed by atoms with Gasteiger partial charge in [-0.25, -0.2) is 9.37 Å². The highest BCUT2D eigenvalue weighted by molar-refractivity contribution is 5.55. The van der Waals surface area contributed by atoms with Crippen molar-refractivity contribution < 1.29 is 9.13 Å². The third kappa shape index (κ3) is 1.95. The molecule has 4 heteroatoms.